The molecule has 0 aromatic carbocycles. The summed E-state index contributed by atoms with van der Waals surface area (Å²) in [6.07, 6.45) is 7.77. The van der Waals surface area contributed by atoms with Gasteiger partial charge in [-0.25, -0.2) is 0 Å². The van der Waals surface area contributed by atoms with Gasteiger partial charge in [0.1, 0.15) is 0 Å². The predicted octanol–water partition coefficient (Wildman–Crippen LogP) is 3.09. The third-order valence-electron chi connectivity index (χ3n) is 3.66. The van der Waals surface area contributed by atoms with E-state index in [0.717, 1.165) is 24.9 Å². The van der Waals surface area contributed by atoms with E-state index in [1.165, 1.54) is 0 Å². The quantitative estimate of drug-likeness (QED) is 0.384. The number of hydrogen-bond acceptors (Lipinski definition) is 5. The third-order valence-corrected chi connectivity index (χ3v) is 18.8. The van der Waals surface area contributed by atoms with Crippen LogP contribution < -0.4 is 11.5 Å². The van der Waals surface area contributed by atoms with Crippen LogP contribution in [0.3, 0.4) is 0 Å². The van der Waals surface area contributed by atoms with Crippen molar-refractivity contribution in [1.82, 2.24) is 0 Å². The third kappa shape index (κ3) is 10.3. The molecule has 0 radical (unpaired) electrons. The van der Waals surface area contributed by atoms with Gasteiger partial charge in [-0.3, -0.25) is 0 Å². The fourth-order valence-electron chi connectivity index (χ4n) is 2.92. The average molecular weight is 407 g/mol. The van der Waals surface area contributed by atoms with Crippen molar-refractivity contribution >= 4 is 33.8 Å². The Hall–Kier alpha value is 0.228. The molecule has 0 bridgehead atoms. The summed E-state index contributed by atoms with van der Waals surface area (Å²) >= 11 is 0. The van der Waals surface area contributed by atoms with E-state index >= 15 is 0 Å². The van der Waals surface area contributed by atoms with Gasteiger partial charge in [-0.1, -0.05) is 5.54 Å². The van der Waals surface area contributed by atoms with Gasteiger partial charge in [0.2, 0.25) is 0 Å². The molecule has 1 unspecified atom stereocenters. The molecule has 0 rings (SSSR count). The summed E-state index contributed by atoms with van der Waals surface area (Å²) in [6.45, 7) is 16.3. The molecule has 0 aliphatic rings. The molecule has 24 heavy (non-hydrogen) atoms. The van der Waals surface area contributed by atoms with Crippen LogP contribution >= 0.6 is 0 Å². The Bertz CT molecular complexity index is 427. The van der Waals surface area contributed by atoms with E-state index < -0.39 is 33.8 Å². The molecule has 4 N–H and O–H groups in total. The summed E-state index contributed by atoms with van der Waals surface area (Å²) in [5.41, 5.74) is 14.1. The maximum absolute atomic E-state index is 6.48. The van der Waals surface area contributed by atoms with E-state index in [4.69, 9.17) is 30.2 Å². The second-order valence-corrected chi connectivity index (χ2v) is 23.6. The highest BCUT2D eigenvalue weighted by atomic mass is 28.5. The lowest BCUT2D eigenvalue weighted by Crippen LogP contribution is -2.57. The first-order chi connectivity index (χ1) is 10.8. The average Bonchev–Trinajstić information content (AvgIpc) is 2.40. The van der Waals surface area contributed by atoms with Crippen molar-refractivity contribution in [2.75, 3.05) is 13.1 Å². The molecule has 0 aliphatic heterocycles. The first-order valence-electron chi connectivity index (χ1n) is 8.79. The smallest absolute Gasteiger partial charge is 0.401 e. The van der Waals surface area contributed by atoms with Crippen molar-refractivity contribution in [1.29, 1.82) is 0 Å². The minimum Gasteiger partial charge on any atom is -0.436 e. The predicted molar refractivity (Wildman–Crippen MR) is 113 cm³/mol. The first-order valence-corrected chi connectivity index (χ1v) is 20.2. The van der Waals surface area contributed by atoms with Crippen LogP contribution in [-0.2, 0) is 12.3 Å². The molecule has 0 aliphatic carbocycles. The van der Waals surface area contributed by atoms with Gasteiger partial charge >= 0.3 is 17.1 Å². The van der Waals surface area contributed by atoms with Crippen LogP contribution in [0.5, 0.6) is 0 Å². The van der Waals surface area contributed by atoms with Gasteiger partial charge in [0.05, 0.1) is 0 Å². The van der Waals surface area contributed by atoms with Crippen LogP contribution in [0.1, 0.15) is 12.8 Å². The molecule has 0 saturated carbocycles. The van der Waals surface area contributed by atoms with Crippen molar-refractivity contribution in [3.05, 3.63) is 0 Å². The SMILES string of the molecule is C#C[Si](C)(O[Si](C)(C)CCCN)O[Si](C)(C)O[Si](C)(C)CCCN. The number of rotatable bonds is 12. The van der Waals surface area contributed by atoms with Crippen molar-refractivity contribution in [2.24, 2.45) is 11.5 Å². The monoisotopic (exact) mass is 406 g/mol. The van der Waals surface area contributed by atoms with Crippen molar-refractivity contribution in [3.63, 3.8) is 0 Å². The van der Waals surface area contributed by atoms with Crippen LogP contribution in [-0.4, -0.2) is 46.8 Å². The maximum Gasteiger partial charge on any atom is 0.401 e. The van der Waals surface area contributed by atoms with Crippen molar-refractivity contribution in [2.45, 2.75) is 70.8 Å². The van der Waals surface area contributed by atoms with Crippen LogP contribution in [0.25, 0.3) is 0 Å². The molecule has 0 aromatic rings. The molecule has 0 spiro atoms. The molecule has 0 aromatic heterocycles. The molecular formula is C15H38N2O3Si4. The molecule has 0 heterocycles. The van der Waals surface area contributed by atoms with E-state index in [-0.39, 0.29) is 0 Å². The second kappa shape index (κ2) is 9.80. The Labute approximate surface area is 153 Å². The summed E-state index contributed by atoms with van der Waals surface area (Å²) in [4.78, 5) is 0. The fourth-order valence-corrected chi connectivity index (χ4v) is 20.7. The van der Waals surface area contributed by atoms with Gasteiger partial charge in [0.15, 0.2) is 16.6 Å². The fraction of sp³-hybridized carbons (Fsp3) is 0.867. The Balaban J connectivity index is 4.97. The van der Waals surface area contributed by atoms with E-state index in [1.54, 1.807) is 0 Å². The normalized spacial score (nSPS) is 15.8. The largest absolute Gasteiger partial charge is 0.436 e. The van der Waals surface area contributed by atoms with Crippen LogP contribution in [0, 0.1) is 12.0 Å². The molecule has 5 nitrogen and oxygen atoms in total. The number of terminal acetylenes is 1. The molecule has 9 heteroatoms. The van der Waals surface area contributed by atoms with E-state index in [9.17, 15) is 0 Å². The zero-order chi connectivity index (χ0) is 19.1. The zero-order valence-corrected chi connectivity index (χ0v) is 20.7. The lowest BCUT2D eigenvalue weighted by molar-refractivity contribution is 0.334. The topological polar surface area (TPSA) is 79.7 Å². The second-order valence-electron chi connectivity index (χ2n) is 8.10. The van der Waals surface area contributed by atoms with Gasteiger partial charge in [0, 0.05) is 0 Å². The standard InChI is InChI=1S/C15H38N2O3Si4/c1-9-24(8,19-22(4,5)15-11-13-17)20-23(6,7)18-21(2,3)14-10-12-16/h1H,10-17H2,2-8H3. The lowest BCUT2D eigenvalue weighted by Gasteiger charge is -2.40. The highest BCUT2D eigenvalue weighted by molar-refractivity contribution is 6.92. The first kappa shape index (κ1) is 24.2. The Kier molecular flexibility index (Phi) is 9.89. The van der Waals surface area contributed by atoms with Gasteiger partial charge < -0.3 is 23.8 Å². The minimum atomic E-state index is -2.69. The highest BCUT2D eigenvalue weighted by Gasteiger charge is 2.45. The molecule has 0 saturated heterocycles. The van der Waals surface area contributed by atoms with E-state index in [1.807, 2.05) is 6.55 Å². The Morgan fingerprint density at radius 3 is 1.54 bits per heavy atom. The molecule has 1 atom stereocenters. The summed E-state index contributed by atoms with van der Waals surface area (Å²) in [5, 5.41) is 0. The van der Waals surface area contributed by atoms with Crippen LogP contribution in [0.2, 0.25) is 57.9 Å². The van der Waals surface area contributed by atoms with Gasteiger partial charge in [-0.15, -0.1) is 6.42 Å². The number of hydrogen-bond donors (Lipinski definition) is 2. The van der Waals surface area contributed by atoms with Crippen LogP contribution in [0.15, 0.2) is 0 Å². The molecule has 0 amide bonds. The summed E-state index contributed by atoms with van der Waals surface area (Å²) < 4.78 is 19.3. The molecule has 0 fully saturated rings. The van der Waals surface area contributed by atoms with Crippen molar-refractivity contribution in [3.8, 4) is 12.0 Å². The Morgan fingerprint density at radius 1 is 0.750 bits per heavy atom. The lowest BCUT2D eigenvalue weighted by atomic mass is 10.5. The minimum absolute atomic E-state index is 0.680. The summed E-state index contributed by atoms with van der Waals surface area (Å²) in [6, 6.07) is 2.03. The summed E-state index contributed by atoms with van der Waals surface area (Å²) in [5.74, 6) is 0. The van der Waals surface area contributed by atoms with Gasteiger partial charge in [-0.2, -0.15) is 0 Å². The summed E-state index contributed by atoms with van der Waals surface area (Å²) in [7, 11) is -8.74. The molecular weight excluding hydrogens is 369 g/mol. The highest BCUT2D eigenvalue weighted by Crippen LogP contribution is 2.26. The molecule has 142 valence electrons. The van der Waals surface area contributed by atoms with Crippen molar-refractivity contribution < 1.29 is 12.3 Å². The number of nitrogens with two attached hydrogens (primary N) is 2. The zero-order valence-electron chi connectivity index (χ0n) is 16.7. The van der Waals surface area contributed by atoms with Crippen LogP contribution in [0.4, 0.5) is 0 Å². The van der Waals surface area contributed by atoms with Gasteiger partial charge in [0.25, 0.3) is 0 Å². The van der Waals surface area contributed by atoms with E-state index in [0.29, 0.717) is 13.1 Å². The Morgan fingerprint density at radius 2 is 1.17 bits per heavy atom. The maximum atomic E-state index is 6.48. The van der Waals surface area contributed by atoms with E-state index in [2.05, 4.69) is 44.8 Å². The van der Waals surface area contributed by atoms with Gasteiger partial charge in [-0.05, 0) is 83.8 Å².